The van der Waals surface area contributed by atoms with Crippen molar-refractivity contribution in [3.8, 4) is 0 Å². The third-order valence-corrected chi connectivity index (χ3v) is 16.5. The van der Waals surface area contributed by atoms with E-state index in [0.29, 0.717) is 37.9 Å². The van der Waals surface area contributed by atoms with Crippen molar-refractivity contribution in [1.82, 2.24) is 14.5 Å². The Kier molecular flexibility index (Phi) is 16.5. The molecule has 0 aromatic heterocycles. The summed E-state index contributed by atoms with van der Waals surface area (Å²) in [7, 11) is -10.9. The van der Waals surface area contributed by atoms with Gasteiger partial charge >= 0.3 is 5.51 Å². The van der Waals surface area contributed by atoms with Gasteiger partial charge in [0.1, 0.15) is 4.90 Å². The van der Waals surface area contributed by atoms with Crippen LogP contribution in [0.5, 0.6) is 0 Å². The number of allylic oxidation sites excluding steroid dienone is 1. The van der Waals surface area contributed by atoms with Gasteiger partial charge in [0, 0.05) is 85.3 Å². The number of hydrogen-bond acceptors (Lipinski definition) is 11. The topological polar surface area (TPSA) is 128 Å². The normalized spacial score (nSPS) is 19.9. The van der Waals surface area contributed by atoms with Gasteiger partial charge in [0.25, 0.3) is 25.8 Å². The molecule has 7 rings (SSSR count). The molecular formula is C48H57ClF3N5O6S3. The summed E-state index contributed by atoms with van der Waals surface area (Å²) < 4.78 is 104. The number of morpholine rings is 1. The van der Waals surface area contributed by atoms with E-state index < -0.39 is 52.8 Å². The van der Waals surface area contributed by atoms with Crippen molar-refractivity contribution in [1.29, 1.82) is 0 Å². The minimum absolute atomic E-state index is 0.000210. The van der Waals surface area contributed by atoms with E-state index in [2.05, 4.69) is 32.1 Å². The lowest BCUT2D eigenvalue weighted by molar-refractivity contribution is -0.0682. The number of sulfonamides is 1. The number of piperazine rings is 1. The van der Waals surface area contributed by atoms with Gasteiger partial charge < -0.3 is 15.0 Å². The van der Waals surface area contributed by atoms with Crippen molar-refractivity contribution in [2.75, 3.05) is 68.3 Å². The summed E-state index contributed by atoms with van der Waals surface area (Å²) in [4.78, 5) is 19.1. The second-order valence-electron chi connectivity index (χ2n) is 17.3. The van der Waals surface area contributed by atoms with Gasteiger partial charge in [-0.15, -0.1) is 11.8 Å². The summed E-state index contributed by atoms with van der Waals surface area (Å²) in [5.41, 5.74) is -1.17. The largest absolute Gasteiger partial charge is 0.501 e. The molecule has 1 aliphatic carbocycles. The molecule has 4 aromatic rings. The van der Waals surface area contributed by atoms with Crippen LogP contribution in [-0.4, -0.2) is 114 Å². The van der Waals surface area contributed by atoms with Gasteiger partial charge in [-0.1, -0.05) is 53.9 Å². The minimum atomic E-state index is -6.06. The predicted molar refractivity (Wildman–Crippen MR) is 257 cm³/mol. The number of anilines is 2. The average Bonchev–Trinajstić information content (AvgIpc) is 3.52. The number of nitrogens with one attached hydrogen (secondary N) is 2. The van der Waals surface area contributed by atoms with Crippen LogP contribution in [0.4, 0.5) is 24.5 Å². The molecule has 3 aliphatic rings. The van der Waals surface area contributed by atoms with E-state index in [0.717, 1.165) is 73.3 Å². The Morgan fingerprint density at radius 1 is 0.833 bits per heavy atom. The first-order chi connectivity index (χ1) is 31.4. The second-order valence-corrected chi connectivity index (χ2v) is 22.4. The van der Waals surface area contributed by atoms with Crippen molar-refractivity contribution in [2.24, 2.45) is 0 Å². The molecule has 0 spiro atoms. The number of ether oxygens (including phenoxy) is 1. The zero-order valence-electron chi connectivity index (χ0n) is 37.1. The number of carbonyl (C=O) groups is 1. The molecule has 356 valence electrons. The van der Waals surface area contributed by atoms with Crippen LogP contribution in [0, 0.1) is 0 Å². The molecule has 2 aliphatic heterocycles. The predicted octanol–water partition coefficient (Wildman–Crippen LogP) is 9.36. The van der Waals surface area contributed by atoms with Crippen LogP contribution in [0.3, 0.4) is 0 Å². The van der Waals surface area contributed by atoms with Crippen molar-refractivity contribution < 1.29 is 39.5 Å². The van der Waals surface area contributed by atoms with Gasteiger partial charge in [0.15, 0.2) is 0 Å². The quantitative estimate of drug-likeness (QED) is 0.104. The number of hydrogen-bond donors (Lipinski definition) is 2. The number of rotatable bonds is 16. The van der Waals surface area contributed by atoms with Crippen LogP contribution < -0.4 is 14.9 Å². The van der Waals surface area contributed by atoms with Gasteiger partial charge in [0.2, 0.25) is 0 Å². The van der Waals surface area contributed by atoms with Gasteiger partial charge in [-0.2, -0.15) is 13.2 Å². The van der Waals surface area contributed by atoms with E-state index in [1.54, 1.807) is 12.1 Å². The molecule has 3 atom stereocenters. The summed E-state index contributed by atoms with van der Waals surface area (Å²) in [5.74, 6) is -0.659. The summed E-state index contributed by atoms with van der Waals surface area (Å²) >= 11 is 7.63. The highest BCUT2D eigenvalue weighted by atomic mass is 35.5. The first kappa shape index (κ1) is 49.8. The molecule has 4 aromatic carbocycles. The van der Waals surface area contributed by atoms with Crippen LogP contribution in [0.15, 0.2) is 117 Å². The SMILES string of the molecule is CC1CN(CC[C@H](CSc2ccccc2)Nc2ccc(S(=O)(=O)NC(=O)c3ccc(N4CCN(CC5=C(c6ccc(Cl)cc6)CCCCC5)CC4)cc3)cc2S(=O)(=O)C(F)(F)F)CC(C)O1. The molecule has 2 fully saturated rings. The third-order valence-electron chi connectivity index (χ3n) is 12.2. The first-order valence-corrected chi connectivity index (χ1v) is 26.7. The maximum absolute atomic E-state index is 14.2. The fourth-order valence-corrected chi connectivity index (χ4v) is 12.0. The number of benzene rings is 4. The Labute approximate surface area is 396 Å². The molecule has 2 N–H and O–H groups in total. The smallest absolute Gasteiger partial charge is 0.380 e. The molecule has 0 saturated carbocycles. The third kappa shape index (κ3) is 12.9. The Bertz CT molecular complexity index is 2530. The number of sulfone groups is 1. The van der Waals surface area contributed by atoms with E-state index in [4.69, 9.17) is 16.3 Å². The minimum Gasteiger partial charge on any atom is -0.380 e. The highest BCUT2D eigenvalue weighted by Gasteiger charge is 2.48. The lowest BCUT2D eigenvalue weighted by Gasteiger charge is -2.37. The Hall–Kier alpha value is -4.10. The number of carbonyl (C=O) groups excluding carboxylic acids is 1. The van der Waals surface area contributed by atoms with Crippen molar-refractivity contribution in [3.05, 3.63) is 119 Å². The van der Waals surface area contributed by atoms with Crippen LogP contribution >= 0.6 is 23.4 Å². The zero-order chi connectivity index (χ0) is 47.1. The van der Waals surface area contributed by atoms with Gasteiger partial charge in [-0.25, -0.2) is 21.6 Å². The number of thioether (sulfide) groups is 1. The summed E-state index contributed by atoms with van der Waals surface area (Å²) in [6, 6.07) is 25.8. The fourth-order valence-electron chi connectivity index (χ4n) is 8.89. The molecule has 2 unspecified atom stereocenters. The summed E-state index contributed by atoms with van der Waals surface area (Å²) in [6.45, 7) is 9.84. The standard InChI is InChI=1S/C48H57ClF3N5O6S3/c1-34-30-56(31-35(2)63-34)24-23-40(33-64-42-10-6-4-7-11-42)53-45-22-21-43(29-46(45)65(59,60)48(50,51)52)66(61,62)54-47(58)37-15-19-41(20-16-37)57-27-25-55(26-28-57)32-38-9-5-3-8-12-44(38)36-13-17-39(49)18-14-36/h4,6-7,10-11,13-22,29,34-35,40,53H,3,5,8-9,12,23-28,30-33H2,1-2H3,(H,54,58)/t34?,35?,40-/m1/s1. The molecule has 2 heterocycles. The number of amides is 1. The Morgan fingerprint density at radius 3 is 2.17 bits per heavy atom. The van der Waals surface area contributed by atoms with Crippen LogP contribution in [0.1, 0.15) is 68.3 Å². The van der Waals surface area contributed by atoms with Crippen molar-refractivity contribution in [3.63, 3.8) is 0 Å². The van der Waals surface area contributed by atoms with E-state index in [-0.39, 0.29) is 17.8 Å². The van der Waals surface area contributed by atoms with E-state index in [1.807, 2.05) is 61.0 Å². The Balaban J connectivity index is 1.02. The van der Waals surface area contributed by atoms with Gasteiger partial charge in [0.05, 0.1) is 22.8 Å². The number of nitrogens with zero attached hydrogens (tertiary/aromatic N) is 3. The first-order valence-electron chi connectivity index (χ1n) is 22.3. The molecule has 1 amide bonds. The molecule has 0 radical (unpaired) electrons. The molecular weight excluding hydrogens is 931 g/mol. The maximum Gasteiger partial charge on any atom is 0.501 e. The van der Waals surface area contributed by atoms with E-state index >= 15 is 0 Å². The van der Waals surface area contributed by atoms with E-state index in [1.165, 1.54) is 59.9 Å². The van der Waals surface area contributed by atoms with Crippen molar-refractivity contribution >= 4 is 66.1 Å². The second kappa shape index (κ2) is 21.9. The number of alkyl halides is 3. The number of halogens is 4. The lowest BCUT2D eigenvalue weighted by atomic mass is 9.95. The highest BCUT2D eigenvalue weighted by Crippen LogP contribution is 2.37. The maximum atomic E-state index is 14.2. The molecule has 2 saturated heterocycles. The fraction of sp³-hybridized carbons (Fsp3) is 0.438. The highest BCUT2D eigenvalue weighted by molar-refractivity contribution is 7.99. The van der Waals surface area contributed by atoms with Crippen LogP contribution in [0.25, 0.3) is 5.57 Å². The lowest BCUT2D eigenvalue weighted by Crippen LogP contribution is -2.47. The van der Waals surface area contributed by atoms with Crippen LogP contribution in [0.2, 0.25) is 5.02 Å². The Morgan fingerprint density at radius 2 is 1.50 bits per heavy atom. The zero-order valence-corrected chi connectivity index (χ0v) is 40.3. The summed E-state index contributed by atoms with van der Waals surface area (Å²) in [5, 5.41) is 3.74. The molecule has 0 bridgehead atoms. The van der Waals surface area contributed by atoms with Gasteiger partial charge in [-0.3, -0.25) is 14.6 Å². The van der Waals surface area contributed by atoms with E-state index in [9.17, 15) is 34.8 Å². The monoisotopic (exact) mass is 987 g/mol. The average molecular weight is 989 g/mol. The molecule has 18 heteroatoms. The van der Waals surface area contributed by atoms with Crippen molar-refractivity contribution in [2.45, 2.75) is 90.8 Å². The molecule has 66 heavy (non-hydrogen) atoms. The van der Waals surface area contributed by atoms with Crippen LogP contribution in [-0.2, 0) is 24.6 Å². The molecule has 11 nitrogen and oxygen atoms in total. The van der Waals surface area contributed by atoms with Gasteiger partial charge in [-0.05, 0) is 124 Å². The summed E-state index contributed by atoms with van der Waals surface area (Å²) in [6.07, 6.45) is 6.06.